The molecular weight excluding hydrogens is 410 g/mol. The predicted octanol–water partition coefficient (Wildman–Crippen LogP) is 4.82. The number of nitrogens with one attached hydrogen (secondary N) is 1. The van der Waals surface area contributed by atoms with Crippen LogP contribution in [-0.4, -0.2) is 35.0 Å². The number of carbonyl (C=O) groups excluding carboxylic acids is 1. The van der Waals surface area contributed by atoms with E-state index in [0.717, 1.165) is 28.5 Å². The molecule has 0 radical (unpaired) electrons. The van der Waals surface area contributed by atoms with Crippen molar-refractivity contribution in [1.82, 2.24) is 14.8 Å². The highest BCUT2D eigenvalue weighted by Crippen LogP contribution is 2.30. The molecule has 138 valence electrons. The first-order chi connectivity index (χ1) is 12.6. The standard InChI is InChI=1S/C20H24BrN3OS/c1-4-24(5-2)17(14-10-11-26-13-14)12-22-20(25)19-18(21)15-8-6-7-9-16(15)23(19)3/h6-11,13,17H,4-5,12H2,1-3H3,(H,22,25). The zero-order valence-corrected chi connectivity index (χ0v) is 17.7. The van der Waals surface area contributed by atoms with Gasteiger partial charge in [-0.2, -0.15) is 11.3 Å². The van der Waals surface area contributed by atoms with Crippen LogP contribution < -0.4 is 5.32 Å². The summed E-state index contributed by atoms with van der Waals surface area (Å²) in [7, 11) is 1.93. The molecule has 0 aliphatic carbocycles. The van der Waals surface area contributed by atoms with Crippen molar-refractivity contribution < 1.29 is 4.79 Å². The Morgan fingerprint density at radius 1 is 1.27 bits per heavy atom. The van der Waals surface area contributed by atoms with E-state index in [4.69, 9.17) is 0 Å². The summed E-state index contributed by atoms with van der Waals surface area (Å²) in [5, 5.41) is 8.47. The van der Waals surface area contributed by atoms with E-state index >= 15 is 0 Å². The van der Waals surface area contributed by atoms with E-state index in [1.165, 1.54) is 5.56 Å². The van der Waals surface area contributed by atoms with Crippen molar-refractivity contribution in [3.63, 3.8) is 0 Å². The Balaban J connectivity index is 1.83. The molecule has 0 aliphatic heterocycles. The van der Waals surface area contributed by atoms with E-state index < -0.39 is 0 Å². The van der Waals surface area contributed by atoms with Crippen LogP contribution in [0.4, 0.5) is 0 Å². The van der Waals surface area contributed by atoms with E-state index in [-0.39, 0.29) is 11.9 Å². The quantitative estimate of drug-likeness (QED) is 0.579. The van der Waals surface area contributed by atoms with Gasteiger partial charge in [-0.05, 0) is 57.5 Å². The predicted molar refractivity (Wildman–Crippen MR) is 113 cm³/mol. The molecule has 1 unspecified atom stereocenters. The third-order valence-corrected chi connectivity index (χ3v) is 6.40. The highest BCUT2D eigenvalue weighted by molar-refractivity contribution is 9.10. The number of nitrogens with zero attached hydrogens (tertiary/aromatic N) is 2. The van der Waals surface area contributed by atoms with Gasteiger partial charge in [-0.3, -0.25) is 9.69 Å². The van der Waals surface area contributed by atoms with Crippen LogP contribution in [0.2, 0.25) is 0 Å². The molecule has 0 saturated heterocycles. The van der Waals surface area contributed by atoms with Crippen LogP contribution in [0.3, 0.4) is 0 Å². The van der Waals surface area contributed by atoms with Crippen molar-refractivity contribution in [1.29, 1.82) is 0 Å². The van der Waals surface area contributed by atoms with Crippen molar-refractivity contribution in [3.8, 4) is 0 Å². The summed E-state index contributed by atoms with van der Waals surface area (Å²) in [6.45, 7) is 6.80. The van der Waals surface area contributed by atoms with Crippen molar-refractivity contribution in [2.45, 2.75) is 19.9 Å². The highest BCUT2D eigenvalue weighted by atomic mass is 79.9. The Morgan fingerprint density at radius 3 is 2.62 bits per heavy atom. The molecule has 1 N–H and O–H groups in total. The number of aryl methyl sites for hydroxylation is 1. The van der Waals surface area contributed by atoms with E-state index in [1.807, 2.05) is 35.9 Å². The summed E-state index contributed by atoms with van der Waals surface area (Å²) in [6.07, 6.45) is 0. The Hall–Kier alpha value is -1.63. The third-order valence-electron chi connectivity index (χ3n) is 4.90. The summed E-state index contributed by atoms with van der Waals surface area (Å²) in [4.78, 5) is 15.3. The van der Waals surface area contributed by atoms with Crippen LogP contribution in [0.25, 0.3) is 10.9 Å². The minimum absolute atomic E-state index is 0.0528. The number of thiophene rings is 1. The number of amides is 1. The number of rotatable bonds is 7. The molecule has 1 atom stereocenters. The van der Waals surface area contributed by atoms with E-state index in [0.29, 0.717) is 12.2 Å². The maximum Gasteiger partial charge on any atom is 0.269 e. The van der Waals surface area contributed by atoms with E-state index in [1.54, 1.807) is 11.3 Å². The largest absolute Gasteiger partial charge is 0.349 e. The fourth-order valence-electron chi connectivity index (χ4n) is 3.46. The minimum Gasteiger partial charge on any atom is -0.349 e. The van der Waals surface area contributed by atoms with Crippen molar-refractivity contribution in [3.05, 3.63) is 56.8 Å². The van der Waals surface area contributed by atoms with Gasteiger partial charge in [0, 0.05) is 24.5 Å². The topological polar surface area (TPSA) is 37.3 Å². The molecule has 2 heterocycles. The number of hydrogen-bond donors (Lipinski definition) is 1. The molecule has 6 heteroatoms. The van der Waals surface area contributed by atoms with Crippen molar-refractivity contribution in [2.24, 2.45) is 7.05 Å². The maximum absolute atomic E-state index is 13.0. The first-order valence-electron chi connectivity index (χ1n) is 8.85. The summed E-state index contributed by atoms with van der Waals surface area (Å²) in [5.41, 5.74) is 2.97. The summed E-state index contributed by atoms with van der Waals surface area (Å²) < 4.78 is 2.80. The number of carbonyl (C=O) groups is 1. The molecule has 3 rings (SSSR count). The van der Waals surface area contributed by atoms with Crippen LogP contribution in [0.5, 0.6) is 0 Å². The van der Waals surface area contributed by atoms with Crippen LogP contribution >= 0.6 is 27.3 Å². The number of likely N-dealkylation sites (N-methyl/N-ethyl adjacent to an activating group) is 1. The van der Waals surface area contributed by atoms with E-state index in [2.05, 4.69) is 56.8 Å². The van der Waals surface area contributed by atoms with Gasteiger partial charge in [-0.1, -0.05) is 32.0 Å². The lowest BCUT2D eigenvalue weighted by Crippen LogP contribution is -2.38. The Morgan fingerprint density at radius 2 is 2.00 bits per heavy atom. The minimum atomic E-state index is -0.0528. The molecule has 3 aromatic rings. The fourth-order valence-corrected chi connectivity index (χ4v) is 4.95. The molecule has 0 bridgehead atoms. The molecule has 4 nitrogen and oxygen atoms in total. The Kier molecular flexibility index (Phi) is 6.16. The molecule has 0 fully saturated rings. The van der Waals surface area contributed by atoms with Gasteiger partial charge in [0.05, 0.1) is 10.5 Å². The number of hydrogen-bond acceptors (Lipinski definition) is 3. The molecular formula is C20H24BrN3OS. The summed E-state index contributed by atoms with van der Waals surface area (Å²) in [6, 6.07) is 10.4. The Labute approximate surface area is 166 Å². The Bertz CT molecular complexity index is 845. The highest BCUT2D eigenvalue weighted by Gasteiger charge is 2.23. The zero-order valence-electron chi connectivity index (χ0n) is 15.3. The number of para-hydroxylation sites is 1. The number of benzene rings is 1. The second-order valence-electron chi connectivity index (χ2n) is 6.24. The van der Waals surface area contributed by atoms with Gasteiger partial charge in [0.25, 0.3) is 5.91 Å². The van der Waals surface area contributed by atoms with E-state index in [9.17, 15) is 4.79 Å². The van der Waals surface area contributed by atoms with Crippen LogP contribution in [-0.2, 0) is 7.05 Å². The van der Waals surface area contributed by atoms with Crippen LogP contribution in [0.15, 0.2) is 45.6 Å². The van der Waals surface area contributed by atoms with Gasteiger partial charge >= 0.3 is 0 Å². The second kappa shape index (κ2) is 8.37. The first kappa shape index (κ1) is 19.1. The van der Waals surface area contributed by atoms with Gasteiger partial charge < -0.3 is 9.88 Å². The normalized spacial score (nSPS) is 12.7. The SMILES string of the molecule is CCN(CC)C(CNC(=O)c1c(Br)c2ccccc2n1C)c1ccsc1. The zero-order chi connectivity index (χ0) is 18.7. The van der Waals surface area contributed by atoms with Crippen molar-refractivity contribution in [2.75, 3.05) is 19.6 Å². The summed E-state index contributed by atoms with van der Waals surface area (Å²) in [5.74, 6) is -0.0528. The first-order valence-corrected chi connectivity index (χ1v) is 10.6. The van der Waals surface area contributed by atoms with Crippen LogP contribution in [0, 0.1) is 0 Å². The number of fused-ring (bicyclic) bond motifs is 1. The molecule has 0 aliphatic rings. The maximum atomic E-state index is 13.0. The molecule has 0 saturated carbocycles. The smallest absolute Gasteiger partial charge is 0.269 e. The molecule has 26 heavy (non-hydrogen) atoms. The third kappa shape index (κ3) is 3.59. The second-order valence-corrected chi connectivity index (χ2v) is 7.82. The molecule has 0 spiro atoms. The molecule has 1 aromatic carbocycles. The van der Waals surface area contributed by atoms with Gasteiger partial charge in [-0.15, -0.1) is 0 Å². The summed E-state index contributed by atoms with van der Waals surface area (Å²) >= 11 is 5.31. The number of halogens is 1. The average molecular weight is 434 g/mol. The average Bonchev–Trinajstić information content (AvgIpc) is 3.26. The van der Waals surface area contributed by atoms with Gasteiger partial charge in [0.2, 0.25) is 0 Å². The number of aromatic nitrogens is 1. The fraction of sp³-hybridized carbons (Fsp3) is 0.350. The van der Waals surface area contributed by atoms with Gasteiger partial charge in [0.15, 0.2) is 0 Å². The van der Waals surface area contributed by atoms with Crippen molar-refractivity contribution >= 4 is 44.1 Å². The van der Waals surface area contributed by atoms with Gasteiger partial charge in [0.1, 0.15) is 5.69 Å². The lowest BCUT2D eigenvalue weighted by Gasteiger charge is -2.29. The monoisotopic (exact) mass is 433 g/mol. The molecule has 2 aromatic heterocycles. The van der Waals surface area contributed by atoms with Gasteiger partial charge in [-0.25, -0.2) is 0 Å². The lowest BCUT2D eigenvalue weighted by atomic mass is 10.1. The lowest BCUT2D eigenvalue weighted by molar-refractivity contribution is 0.0926. The van der Waals surface area contributed by atoms with Crippen LogP contribution in [0.1, 0.15) is 35.9 Å². The molecule has 1 amide bonds.